The lowest BCUT2D eigenvalue weighted by molar-refractivity contribution is 0.669. The highest BCUT2D eigenvalue weighted by Crippen LogP contribution is 2.47. The molecule has 0 fully saturated rings. The fraction of sp³-hybridized carbons (Fsp3) is 0. The molecule has 290 valence electrons. The first-order valence-corrected chi connectivity index (χ1v) is 21.2. The maximum Gasteiger partial charge on any atom is 0.159 e. The van der Waals surface area contributed by atoms with Crippen molar-refractivity contribution in [1.82, 2.24) is 9.13 Å². The standard InChI is InChI=1S/C58H37N3O/c1-2-15-41(16-3-1)59-50-23-10-7-20-48(50)57-51(59)24-13-25-52(57)61(54-26-12-21-46-45-18-8-11-27-55(45)62-58(46)54)43-35-30-39(31-36-43)38-28-33-42(34-29-38)60-49-22-9-6-19-47(49)56-44-17-5-4-14-40(44)32-37-53(56)60/h1-37H. The number of anilines is 3. The van der Waals surface area contributed by atoms with Gasteiger partial charge in [-0.15, -0.1) is 0 Å². The van der Waals surface area contributed by atoms with Gasteiger partial charge in [0.25, 0.3) is 0 Å². The minimum absolute atomic E-state index is 0.857. The largest absolute Gasteiger partial charge is 0.454 e. The second-order valence-electron chi connectivity index (χ2n) is 16.1. The average molecular weight is 792 g/mol. The number of para-hydroxylation sites is 5. The Morgan fingerprint density at radius 1 is 0.323 bits per heavy atom. The zero-order chi connectivity index (χ0) is 40.7. The van der Waals surface area contributed by atoms with Gasteiger partial charge in [0, 0.05) is 49.4 Å². The van der Waals surface area contributed by atoms with Gasteiger partial charge < -0.3 is 18.5 Å². The van der Waals surface area contributed by atoms with E-state index in [1.54, 1.807) is 0 Å². The van der Waals surface area contributed by atoms with Crippen LogP contribution in [0.1, 0.15) is 0 Å². The molecule has 13 rings (SSSR count). The van der Waals surface area contributed by atoms with E-state index in [1.807, 2.05) is 6.07 Å². The molecule has 62 heavy (non-hydrogen) atoms. The molecule has 0 N–H and O–H groups in total. The SMILES string of the molecule is c1ccc(-n2c3ccccc3c3c(N(c4ccc(-c5ccc(-n6c7ccccc7c7c8ccccc8ccc76)cc5)cc4)c4cccc5c4oc4ccccc45)cccc32)cc1. The number of hydrogen-bond acceptors (Lipinski definition) is 2. The van der Waals surface area contributed by atoms with Crippen LogP contribution >= 0.6 is 0 Å². The van der Waals surface area contributed by atoms with Crippen LogP contribution in [0.15, 0.2) is 229 Å². The maximum absolute atomic E-state index is 6.74. The fourth-order valence-corrected chi connectivity index (χ4v) is 9.98. The number of hydrogen-bond donors (Lipinski definition) is 0. The third kappa shape index (κ3) is 5.14. The summed E-state index contributed by atoms with van der Waals surface area (Å²) in [6.45, 7) is 0. The third-order valence-electron chi connectivity index (χ3n) is 12.7. The summed E-state index contributed by atoms with van der Waals surface area (Å²) in [6, 6.07) is 80.8. The molecular weight excluding hydrogens is 755 g/mol. The zero-order valence-electron chi connectivity index (χ0n) is 33.6. The summed E-state index contributed by atoms with van der Waals surface area (Å²) in [7, 11) is 0. The highest BCUT2D eigenvalue weighted by atomic mass is 16.3. The first-order valence-electron chi connectivity index (χ1n) is 21.2. The first-order chi connectivity index (χ1) is 30.8. The summed E-state index contributed by atoms with van der Waals surface area (Å²) in [6.07, 6.45) is 0. The molecule has 0 aliphatic carbocycles. The summed E-state index contributed by atoms with van der Waals surface area (Å²) in [5.74, 6) is 0. The number of rotatable bonds is 6. The smallest absolute Gasteiger partial charge is 0.159 e. The molecule has 0 atom stereocenters. The Morgan fingerprint density at radius 3 is 1.61 bits per heavy atom. The van der Waals surface area contributed by atoms with Crippen LogP contribution in [0.3, 0.4) is 0 Å². The Bertz CT molecular complexity index is 3850. The van der Waals surface area contributed by atoms with E-state index in [2.05, 4.69) is 232 Å². The van der Waals surface area contributed by atoms with Gasteiger partial charge in [0.15, 0.2) is 5.58 Å². The van der Waals surface area contributed by atoms with Crippen LogP contribution in [-0.4, -0.2) is 9.13 Å². The van der Waals surface area contributed by atoms with Crippen molar-refractivity contribution in [2.75, 3.05) is 4.90 Å². The molecule has 3 heterocycles. The summed E-state index contributed by atoms with van der Waals surface area (Å²) < 4.78 is 11.5. The van der Waals surface area contributed by atoms with Crippen molar-refractivity contribution in [3.63, 3.8) is 0 Å². The van der Waals surface area contributed by atoms with Crippen molar-refractivity contribution in [2.24, 2.45) is 0 Å². The van der Waals surface area contributed by atoms with Crippen LogP contribution in [-0.2, 0) is 0 Å². The zero-order valence-corrected chi connectivity index (χ0v) is 33.6. The second-order valence-corrected chi connectivity index (χ2v) is 16.1. The van der Waals surface area contributed by atoms with Crippen molar-refractivity contribution in [1.29, 1.82) is 0 Å². The van der Waals surface area contributed by atoms with Crippen molar-refractivity contribution in [3.8, 4) is 22.5 Å². The molecule has 10 aromatic carbocycles. The second kappa shape index (κ2) is 13.6. The Hall–Kier alpha value is -8.34. The van der Waals surface area contributed by atoms with Gasteiger partial charge in [-0.2, -0.15) is 0 Å². The number of furan rings is 1. The minimum atomic E-state index is 0.857. The van der Waals surface area contributed by atoms with Crippen LogP contribution in [0.5, 0.6) is 0 Å². The number of benzene rings is 10. The van der Waals surface area contributed by atoms with Crippen LogP contribution in [0.25, 0.3) is 98.8 Å². The van der Waals surface area contributed by atoms with E-state index < -0.39 is 0 Å². The van der Waals surface area contributed by atoms with E-state index in [9.17, 15) is 0 Å². The normalized spacial score (nSPS) is 11.9. The van der Waals surface area contributed by atoms with Gasteiger partial charge >= 0.3 is 0 Å². The quantitative estimate of drug-likeness (QED) is 0.168. The summed E-state index contributed by atoms with van der Waals surface area (Å²) >= 11 is 0. The lowest BCUT2D eigenvalue weighted by Gasteiger charge is -2.27. The van der Waals surface area contributed by atoms with E-state index in [1.165, 1.54) is 43.4 Å². The lowest BCUT2D eigenvalue weighted by atomic mass is 10.0. The van der Waals surface area contributed by atoms with Gasteiger partial charge in [-0.1, -0.05) is 146 Å². The van der Waals surface area contributed by atoms with E-state index in [0.29, 0.717) is 0 Å². The van der Waals surface area contributed by atoms with Gasteiger partial charge in [-0.3, -0.25) is 0 Å². The monoisotopic (exact) mass is 791 g/mol. The van der Waals surface area contributed by atoms with Gasteiger partial charge in [0.1, 0.15) is 5.58 Å². The molecule has 0 amide bonds. The van der Waals surface area contributed by atoms with Crippen LogP contribution < -0.4 is 4.90 Å². The molecule has 13 aromatic rings. The van der Waals surface area contributed by atoms with Crippen molar-refractivity contribution in [3.05, 3.63) is 224 Å². The number of aromatic nitrogens is 2. The third-order valence-corrected chi connectivity index (χ3v) is 12.7. The Kier molecular flexibility index (Phi) is 7.57. The van der Waals surface area contributed by atoms with Gasteiger partial charge in [0.2, 0.25) is 0 Å². The molecule has 0 unspecified atom stereocenters. The summed E-state index contributed by atoms with van der Waals surface area (Å²) in [4.78, 5) is 2.38. The lowest BCUT2D eigenvalue weighted by Crippen LogP contribution is -2.10. The molecule has 0 aliphatic rings. The predicted molar refractivity (Wildman–Crippen MR) is 260 cm³/mol. The summed E-state index contributed by atoms with van der Waals surface area (Å²) in [5, 5.41) is 9.66. The average Bonchev–Trinajstić information content (AvgIpc) is 4.01. The van der Waals surface area contributed by atoms with Gasteiger partial charge in [-0.25, -0.2) is 0 Å². The molecule has 4 heteroatoms. The van der Waals surface area contributed by atoms with E-state index in [4.69, 9.17) is 4.42 Å². The molecule has 0 bridgehead atoms. The highest BCUT2D eigenvalue weighted by Gasteiger charge is 2.24. The molecule has 0 saturated carbocycles. The summed E-state index contributed by atoms with van der Waals surface area (Å²) in [5.41, 5.74) is 14.1. The van der Waals surface area contributed by atoms with E-state index >= 15 is 0 Å². The molecule has 0 aliphatic heterocycles. The predicted octanol–water partition coefficient (Wildman–Crippen LogP) is 16.1. The van der Waals surface area contributed by atoms with Gasteiger partial charge in [0.05, 0.1) is 33.4 Å². The van der Waals surface area contributed by atoms with Crippen molar-refractivity contribution in [2.45, 2.75) is 0 Å². The topological polar surface area (TPSA) is 26.2 Å². The van der Waals surface area contributed by atoms with Crippen LogP contribution in [0.2, 0.25) is 0 Å². The Balaban J connectivity index is 0.965. The van der Waals surface area contributed by atoms with Gasteiger partial charge in [-0.05, 0) is 101 Å². The first kappa shape index (κ1) is 34.5. The van der Waals surface area contributed by atoms with E-state index in [0.717, 1.165) is 72.5 Å². The Morgan fingerprint density at radius 2 is 0.855 bits per heavy atom. The fourth-order valence-electron chi connectivity index (χ4n) is 9.98. The van der Waals surface area contributed by atoms with Crippen LogP contribution in [0, 0.1) is 0 Å². The van der Waals surface area contributed by atoms with Crippen molar-refractivity contribution < 1.29 is 4.42 Å². The molecule has 4 nitrogen and oxygen atoms in total. The molecule has 0 saturated heterocycles. The number of nitrogens with zero attached hydrogens (tertiary/aromatic N) is 3. The highest BCUT2D eigenvalue weighted by molar-refractivity contribution is 6.22. The van der Waals surface area contributed by atoms with E-state index in [-0.39, 0.29) is 0 Å². The molecular formula is C58H37N3O. The van der Waals surface area contributed by atoms with Crippen LogP contribution in [0.4, 0.5) is 17.1 Å². The number of fused-ring (bicyclic) bond motifs is 11. The minimum Gasteiger partial charge on any atom is -0.454 e. The molecule has 0 radical (unpaired) electrons. The van der Waals surface area contributed by atoms with Crippen molar-refractivity contribution >= 4 is 93.4 Å². The Labute approximate surface area is 357 Å². The molecule has 3 aromatic heterocycles. The maximum atomic E-state index is 6.74. The molecule has 0 spiro atoms.